The molecule has 2 aromatic carbocycles. The van der Waals surface area contributed by atoms with Gasteiger partial charge in [0.1, 0.15) is 0 Å². The molecule has 0 aliphatic heterocycles. The van der Waals surface area contributed by atoms with Crippen molar-refractivity contribution in [1.29, 1.82) is 0 Å². The fraction of sp³-hybridized carbons (Fsp3) is 0.294. The molecule has 1 aliphatic carbocycles. The van der Waals surface area contributed by atoms with Gasteiger partial charge in [0.05, 0.1) is 4.92 Å². The van der Waals surface area contributed by atoms with Gasteiger partial charge >= 0.3 is 0 Å². The van der Waals surface area contributed by atoms with Gasteiger partial charge in [-0.05, 0) is 36.5 Å². The number of nitro benzene ring substituents is 1. The lowest BCUT2D eigenvalue weighted by molar-refractivity contribution is -0.385. The zero-order chi connectivity index (χ0) is 14.8. The van der Waals surface area contributed by atoms with Gasteiger partial charge in [-0.15, -0.1) is 0 Å². The monoisotopic (exact) mass is 282 g/mol. The number of fused-ring (bicyclic) bond motifs is 1. The van der Waals surface area contributed by atoms with Crippen molar-refractivity contribution >= 4 is 5.69 Å². The molecule has 4 heteroatoms. The minimum absolute atomic E-state index is 0.195. The summed E-state index contributed by atoms with van der Waals surface area (Å²) >= 11 is 0. The van der Waals surface area contributed by atoms with Crippen molar-refractivity contribution in [3.63, 3.8) is 0 Å². The van der Waals surface area contributed by atoms with Crippen LogP contribution in [0.2, 0.25) is 0 Å². The van der Waals surface area contributed by atoms with E-state index in [0.29, 0.717) is 18.2 Å². The van der Waals surface area contributed by atoms with Crippen LogP contribution in [-0.2, 0) is 13.0 Å². The topological polar surface area (TPSA) is 55.2 Å². The Bertz CT molecular complexity index is 682. The molecule has 1 N–H and O–H groups in total. The second-order valence-electron chi connectivity index (χ2n) is 5.55. The number of benzene rings is 2. The molecule has 0 saturated heterocycles. The summed E-state index contributed by atoms with van der Waals surface area (Å²) < 4.78 is 0. The van der Waals surface area contributed by atoms with Gasteiger partial charge < -0.3 is 5.32 Å². The van der Waals surface area contributed by atoms with E-state index in [4.69, 9.17) is 0 Å². The minimum atomic E-state index is -0.316. The molecule has 0 amide bonds. The Morgan fingerprint density at radius 1 is 1.29 bits per heavy atom. The summed E-state index contributed by atoms with van der Waals surface area (Å²) in [5, 5.41) is 14.5. The molecule has 4 nitrogen and oxygen atoms in total. The highest BCUT2D eigenvalue weighted by atomic mass is 16.6. The van der Waals surface area contributed by atoms with Crippen molar-refractivity contribution in [1.82, 2.24) is 5.32 Å². The number of aryl methyl sites for hydroxylation is 2. The van der Waals surface area contributed by atoms with Crippen molar-refractivity contribution in [2.75, 3.05) is 0 Å². The third-order valence-corrected chi connectivity index (χ3v) is 4.16. The maximum Gasteiger partial charge on any atom is 0.272 e. The molecule has 3 rings (SSSR count). The van der Waals surface area contributed by atoms with Crippen LogP contribution in [-0.4, -0.2) is 4.92 Å². The fourth-order valence-corrected chi connectivity index (χ4v) is 2.97. The Balaban J connectivity index is 1.72. The highest BCUT2D eigenvalue weighted by molar-refractivity contribution is 5.42. The van der Waals surface area contributed by atoms with Crippen LogP contribution in [0.5, 0.6) is 0 Å². The summed E-state index contributed by atoms with van der Waals surface area (Å²) in [5.41, 5.74) is 4.62. The number of nitrogens with zero attached hydrogens (tertiary/aromatic N) is 1. The summed E-state index contributed by atoms with van der Waals surface area (Å²) in [6.07, 6.45) is 2.19. The quantitative estimate of drug-likeness (QED) is 0.687. The van der Waals surface area contributed by atoms with Crippen LogP contribution in [0, 0.1) is 17.0 Å². The summed E-state index contributed by atoms with van der Waals surface area (Å²) in [6, 6.07) is 14.3. The Labute approximate surface area is 124 Å². The molecule has 1 atom stereocenters. The predicted molar refractivity (Wildman–Crippen MR) is 82.2 cm³/mol. The van der Waals surface area contributed by atoms with Crippen molar-refractivity contribution in [3.8, 4) is 0 Å². The largest absolute Gasteiger partial charge is 0.306 e. The maximum atomic E-state index is 11.0. The zero-order valence-electron chi connectivity index (χ0n) is 12.0. The van der Waals surface area contributed by atoms with Crippen molar-refractivity contribution < 1.29 is 4.92 Å². The molecule has 0 spiro atoms. The van der Waals surface area contributed by atoms with E-state index in [9.17, 15) is 10.1 Å². The lowest BCUT2D eigenvalue weighted by Gasteiger charge is -2.14. The molecular weight excluding hydrogens is 264 g/mol. The molecule has 0 fully saturated rings. The number of nitro groups is 1. The molecule has 0 aromatic heterocycles. The van der Waals surface area contributed by atoms with Crippen LogP contribution in [0.15, 0.2) is 42.5 Å². The molecule has 1 aliphatic rings. The number of hydrogen-bond acceptors (Lipinski definition) is 3. The van der Waals surface area contributed by atoms with Crippen LogP contribution >= 0.6 is 0 Å². The van der Waals surface area contributed by atoms with E-state index in [1.807, 2.05) is 12.1 Å². The number of rotatable bonds is 4. The Hall–Kier alpha value is -2.20. The van der Waals surface area contributed by atoms with E-state index in [0.717, 1.165) is 18.4 Å². The Morgan fingerprint density at radius 2 is 2.10 bits per heavy atom. The van der Waals surface area contributed by atoms with Gasteiger partial charge in [0, 0.05) is 24.2 Å². The molecule has 21 heavy (non-hydrogen) atoms. The third-order valence-electron chi connectivity index (χ3n) is 4.16. The third kappa shape index (κ3) is 2.81. The predicted octanol–water partition coefficient (Wildman–Crippen LogP) is 3.68. The van der Waals surface area contributed by atoms with Gasteiger partial charge in [-0.3, -0.25) is 10.1 Å². The first-order valence-corrected chi connectivity index (χ1v) is 7.20. The molecule has 0 saturated carbocycles. The first-order valence-electron chi connectivity index (χ1n) is 7.20. The molecule has 0 heterocycles. The van der Waals surface area contributed by atoms with Crippen LogP contribution in [0.3, 0.4) is 0 Å². The van der Waals surface area contributed by atoms with Gasteiger partial charge in [-0.2, -0.15) is 0 Å². The lowest BCUT2D eigenvalue weighted by Crippen LogP contribution is -2.18. The highest BCUT2D eigenvalue weighted by Gasteiger charge is 2.21. The molecule has 0 bridgehead atoms. The van der Waals surface area contributed by atoms with Gasteiger partial charge in [0.25, 0.3) is 5.69 Å². The highest BCUT2D eigenvalue weighted by Crippen LogP contribution is 2.31. The van der Waals surface area contributed by atoms with Gasteiger partial charge in [0.2, 0.25) is 0 Å². The normalized spacial score (nSPS) is 16.7. The second-order valence-corrected chi connectivity index (χ2v) is 5.55. The molecule has 108 valence electrons. The van der Waals surface area contributed by atoms with Crippen molar-refractivity contribution in [2.45, 2.75) is 32.4 Å². The molecule has 0 radical (unpaired) electrons. The Kier molecular flexibility index (Phi) is 3.71. The average Bonchev–Trinajstić information content (AvgIpc) is 2.89. The van der Waals surface area contributed by atoms with E-state index in [2.05, 4.69) is 29.6 Å². The minimum Gasteiger partial charge on any atom is -0.306 e. The summed E-state index contributed by atoms with van der Waals surface area (Å²) in [7, 11) is 0. The number of nitrogens with one attached hydrogen (secondary N) is 1. The SMILES string of the molecule is Cc1ccc(CNC2CCc3ccccc32)cc1[N+](=O)[O-]. The molecule has 1 unspecified atom stereocenters. The van der Waals surface area contributed by atoms with Gasteiger partial charge in [-0.1, -0.05) is 36.4 Å². The van der Waals surface area contributed by atoms with Gasteiger partial charge in [-0.25, -0.2) is 0 Å². The van der Waals surface area contributed by atoms with E-state index in [1.54, 1.807) is 13.0 Å². The van der Waals surface area contributed by atoms with Crippen LogP contribution < -0.4 is 5.32 Å². The van der Waals surface area contributed by atoms with Gasteiger partial charge in [0.15, 0.2) is 0 Å². The summed E-state index contributed by atoms with van der Waals surface area (Å²) in [6.45, 7) is 2.42. The number of hydrogen-bond donors (Lipinski definition) is 1. The van der Waals surface area contributed by atoms with Crippen LogP contribution in [0.4, 0.5) is 5.69 Å². The maximum absolute atomic E-state index is 11.0. The summed E-state index contributed by atoms with van der Waals surface area (Å²) in [5.74, 6) is 0. The zero-order valence-corrected chi connectivity index (χ0v) is 12.0. The second kappa shape index (κ2) is 5.66. The fourth-order valence-electron chi connectivity index (χ4n) is 2.97. The Morgan fingerprint density at radius 3 is 2.90 bits per heavy atom. The van der Waals surface area contributed by atoms with Crippen molar-refractivity contribution in [3.05, 3.63) is 74.8 Å². The van der Waals surface area contributed by atoms with E-state index in [1.165, 1.54) is 11.1 Å². The van der Waals surface area contributed by atoms with E-state index in [-0.39, 0.29) is 10.6 Å². The first kappa shape index (κ1) is 13.8. The van der Waals surface area contributed by atoms with Crippen molar-refractivity contribution in [2.24, 2.45) is 0 Å². The lowest BCUT2D eigenvalue weighted by atomic mass is 10.1. The van der Waals surface area contributed by atoms with Crippen LogP contribution in [0.25, 0.3) is 0 Å². The standard InChI is InChI=1S/C17H18N2O2/c1-12-6-7-13(10-17(12)19(20)21)11-18-16-9-8-14-4-2-3-5-15(14)16/h2-7,10,16,18H,8-9,11H2,1H3. The average molecular weight is 282 g/mol. The smallest absolute Gasteiger partial charge is 0.272 e. The van der Waals surface area contributed by atoms with E-state index >= 15 is 0 Å². The van der Waals surface area contributed by atoms with E-state index < -0.39 is 0 Å². The molecular formula is C17H18N2O2. The first-order chi connectivity index (χ1) is 10.1. The van der Waals surface area contributed by atoms with Crippen LogP contribution in [0.1, 0.15) is 34.7 Å². The molecule has 2 aromatic rings. The summed E-state index contributed by atoms with van der Waals surface area (Å²) in [4.78, 5) is 10.7.